The number of alkyl halides is 2. The molecular weight excluding hydrogens is 633 g/mol. The van der Waals surface area contributed by atoms with E-state index in [9.17, 15) is 18.4 Å². The van der Waals surface area contributed by atoms with Crippen molar-refractivity contribution in [1.29, 1.82) is 0 Å². The smallest absolute Gasteiger partial charge is 0.407 e. The number of esters is 1. The number of carbonyl (C=O) groups excluding carboxylic acids is 2. The van der Waals surface area contributed by atoms with Gasteiger partial charge in [-0.05, 0) is 51.8 Å². The second-order valence-electron chi connectivity index (χ2n) is 11.9. The van der Waals surface area contributed by atoms with Gasteiger partial charge in [0.15, 0.2) is 5.82 Å². The van der Waals surface area contributed by atoms with Crippen molar-refractivity contribution < 1.29 is 37.0 Å². The van der Waals surface area contributed by atoms with E-state index >= 15 is 4.39 Å². The van der Waals surface area contributed by atoms with Crippen molar-refractivity contribution in [2.45, 2.75) is 51.8 Å². The number of alkyl carbamates (subject to hydrolysis) is 1. The molecule has 16 heteroatoms. The van der Waals surface area contributed by atoms with Crippen LogP contribution in [-0.4, -0.2) is 75.7 Å². The summed E-state index contributed by atoms with van der Waals surface area (Å²) >= 11 is 0. The number of benzene rings is 1. The van der Waals surface area contributed by atoms with Crippen molar-refractivity contribution in [2.75, 3.05) is 37.5 Å². The maximum Gasteiger partial charge on any atom is 0.407 e. The lowest BCUT2D eigenvalue weighted by molar-refractivity contribution is 0.0498. The number of nitrogens with one attached hydrogen (secondary N) is 2. The van der Waals surface area contributed by atoms with Gasteiger partial charge in [0.05, 0.1) is 37.2 Å². The predicted molar refractivity (Wildman–Crippen MR) is 170 cm³/mol. The molecule has 0 aliphatic carbocycles. The molecule has 1 aromatic carbocycles. The lowest BCUT2D eigenvalue weighted by Gasteiger charge is -2.36. The van der Waals surface area contributed by atoms with Gasteiger partial charge in [0, 0.05) is 54.9 Å². The highest BCUT2D eigenvalue weighted by Crippen LogP contribution is 2.36. The van der Waals surface area contributed by atoms with E-state index < -0.39 is 30.0 Å². The van der Waals surface area contributed by atoms with E-state index in [2.05, 4.69) is 35.4 Å². The molecule has 5 rings (SSSR count). The molecule has 0 saturated carbocycles. The number of rotatable bonds is 9. The van der Waals surface area contributed by atoms with Gasteiger partial charge in [0.1, 0.15) is 28.8 Å². The molecule has 0 spiro atoms. The Hall–Kier alpha value is -5.41. The minimum absolute atomic E-state index is 0.0193. The predicted octanol–water partition coefficient (Wildman–Crippen LogP) is 5.97. The van der Waals surface area contributed by atoms with E-state index in [1.807, 2.05) is 4.90 Å². The van der Waals surface area contributed by atoms with Crippen LogP contribution in [0, 0.1) is 5.82 Å². The lowest BCUT2D eigenvalue weighted by Crippen LogP contribution is -2.49. The molecule has 0 radical (unpaired) electrons. The van der Waals surface area contributed by atoms with E-state index in [-0.39, 0.29) is 34.6 Å². The number of ether oxygens (including phenoxy) is 3. The average molecular weight is 669 g/mol. The highest BCUT2D eigenvalue weighted by molar-refractivity contribution is 5.91. The number of hydrogen-bond donors (Lipinski definition) is 2. The lowest BCUT2D eigenvalue weighted by atomic mass is 10.0. The summed E-state index contributed by atoms with van der Waals surface area (Å²) in [7, 11) is 2.51. The Morgan fingerprint density at radius 3 is 2.56 bits per heavy atom. The minimum atomic E-state index is -2.82. The third-order valence-electron chi connectivity index (χ3n) is 7.31. The van der Waals surface area contributed by atoms with E-state index in [4.69, 9.17) is 9.47 Å². The molecule has 1 atom stereocenters. The number of amides is 1. The molecule has 13 nitrogen and oxygen atoms in total. The molecule has 1 aliphatic heterocycles. The summed E-state index contributed by atoms with van der Waals surface area (Å²) in [5.74, 6) is -0.910. The van der Waals surface area contributed by atoms with Gasteiger partial charge in [-0.2, -0.15) is 13.9 Å². The third kappa shape index (κ3) is 7.93. The monoisotopic (exact) mass is 668 g/mol. The van der Waals surface area contributed by atoms with E-state index in [1.165, 1.54) is 45.1 Å². The average Bonchev–Trinajstić information content (AvgIpc) is 3.54. The van der Waals surface area contributed by atoms with Gasteiger partial charge < -0.3 is 29.7 Å². The van der Waals surface area contributed by atoms with Crippen molar-refractivity contribution in [1.82, 2.24) is 30.0 Å². The van der Waals surface area contributed by atoms with Crippen LogP contribution in [0.5, 0.6) is 5.75 Å². The fraction of sp³-hybridized carbons (Fsp3) is 0.375. The van der Waals surface area contributed by atoms with Crippen LogP contribution in [0.4, 0.5) is 35.3 Å². The van der Waals surface area contributed by atoms with Crippen molar-refractivity contribution in [3.05, 3.63) is 60.4 Å². The molecule has 1 amide bonds. The number of methoxy groups -OCH3 is 2. The van der Waals surface area contributed by atoms with Gasteiger partial charge in [-0.15, -0.1) is 0 Å². The Morgan fingerprint density at radius 2 is 1.88 bits per heavy atom. The molecule has 1 saturated heterocycles. The number of anilines is 3. The maximum atomic E-state index is 15.3. The van der Waals surface area contributed by atoms with Gasteiger partial charge in [-0.3, -0.25) is 0 Å². The third-order valence-corrected chi connectivity index (χ3v) is 7.31. The molecule has 0 unspecified atom stereocenters. The number of aromatic nitrogens is 5. The van der Waals surface area contributed by atoms with Crippen LogP contribution in [0.2, 0.25) is 0 Å². The minimum Gasteiger partial charge on any atom is -0.496 e. The van der Waals surface area contributed by atoms with E-state index in [0.29, 0.717) is 40.4 Å². The van der Waals surface area contributed by atoms with Gasteiger partial charge in [0.2, 0.25) is 0 Å². The van der Waals surface area contributed by atoms with Crippen LogP contribution in [0.25, 0.3) is 22.5 Å². The fourth-order valence-corrected chi connectivity index (χ4v) is 5.24. The van der Waals surface area contributed by atoms with E-state index in [0.717, 1.165) is 18.9 Å². The Kier molecular flexibility index (Phi) is 10.0. The summed E-state index contributed by atoms with van der Waals surface area (Å²) in [6.07, 6.45) is 6.45. The highest BCUT2D eigenvalue weighted by atomic mass is 19.3. The number of piperidine rings is 1. The van der Waals surface area contributed by atoms with Crippen molar-refractivity contribution in [2.24, 2.45) is 0 Å². The van der Waals surface area contributed by atoms with Crippen LogP contribution in [0.3, 0.4) is 0 Å². The fourth-order valence-electron chi connectivity index (χ4n) is 5.24. The second-order valence-corrected chi connectivity index (χ2v) is 11.9. The van der Waals surface area contributed by atoms with Crippen LogP contribution < -0.4 is 20.3 Å². The Bertz CT molecular complexity index is 1800. The van der Waals surface area contributed by atoms with Crippen LogP contribution in [0.1, 0.15) is 50.5 Å². The molecule has 3 aromatic heterocycles. The zero-order chi connectivity index (χ0) is 34.6. The van der Waals surface area contributed by atoms with Gasteiger partial charge in [0.25, 0.3) is 0 Å². The second kappa shape index (κ2) is 14.1. The first-order chi connectivity index (χ1) is 22.8. The quantitative estimate of drug-likeness (QED) is 0.204. The summed E-state index contributed by atoms with van der Waals surface area (Å²) < 4.78 is 58.1. The number of halogens is 3. The Labute approximate surface area is 274 Å². The van der Waals surface area contributed by atoms with Gasteiger partial charge >= 0.3 is 18.6 Å². The Balaban J connectivity index is 1.46. The normalized spacial score (nSPS) is 14.9. The van der Waals surface area contributed by atoms with Crippen molar-refractivity contribution in [3.63, 3.8) is 0 Å². The number of nitrogens with zero attached hydrogens (tertiary/aromatic N) is 6. The molecule has 254 valence electrons. The topological polar surface area (TPSA) is 146 Å². The molecule has 48 heavy (non-hydrogen) atoms. The molecule has 1 fully saturated rings. The van der Waals surface area contributed by atoms with Crippen LogP contribution in [-0.2, 0) is 9.47 Å². The number of carbonyl (C=O) groups is 2. The molecule has 1 aliphatic rings. The first-order valence-corrected chi connectivity index (χ1v) is 15.0. The van der Waals surface area contributed by atoms with Crippen LogP contribution in [0.15, 0.2) is 49.1 Å². The molecule has 4 heterocycles. The van der Waals surface area contributed by atoms with Gasteiger partial charge in [-0.25, -0.2) is 33.6 Å². The van der Waals surface area contributed by atoms with Gasteiger partial charge in [-0.1, -0.05) is 0 Å². The summed E-state index contributed by atoms with van der Waals surface area (Å²) in [6.45, 7) is 3.56. The first kappa shape index (κ1) is 33.9. The summed E-state index contributed by atoms with van der Waals surface area (Å²) in [4.78, 5) is 39.7. The molecular formula is C32H35F3N8O5. The Morgan fingerprint density at radius 1 is 1.08 bits per heavy atom. The largest absolute Gasteiger partial charge is 0.496 e. The van der Waals surface area contributed by atoms with Crippen molar-refractivity contribution in [3.8, 4) is 28.3 Å². The summed E-state index contributed by atoms with van der Waals surface area (Å²) in [6, 6.07) is 5.40. The SMILES string of the molecule is COC(=O)c1cc(F)c(-c2nccc(Nc3cc(N4CCC[C@H](NC(=O)OC(C)(C)C)C4)c(-c4cnn(C(F)F)c4)cn3)n2)c(OC)c1. The summed E-state index contributed by atoms with van der Waals surface area (Å²) in [5, 5.41) is 9.81. The first-order valence-electron chi connectivity index (χ1n) is 15.0. The molecule has 4 aromatic rings. The number of hydrogen-bond acceptors (Lipinski definition) is 11. The zero-order valence-electron chi connectivity index (χ0n) is 27.0. The molecule has 0 bridgehead atoms. The van der Waals surface area contributed by atoms with Crippen molar-refractivity contribution >= 4 is 29.4 Å². The summed E-state index contributed by atoms with van der Waals surface area (Å²) in [5.41, 5.74) is 0.858. The number of pyridine rings is 1. The highest BCUT2D eigenvalue weighted by Gasteiger charge is 2.27. The maximum absolute atomic E-state index is 15.3. The van der Waals surface area contributed by atoms with E-state index in [1.54, 1.807) is 32.9 Å². The van der Waals surface area contributed by atoms with Crippen LogP contribution >= 0.6 is 0 Å². The standard InChI is InChI=1S/C32H35F3N8O5/c1-32(2,3)48-31(45)39-20-7-6-10-42(17-20)23-13-26(37-15-21(23)19-14-38-43(16-19)30(34)35)40-25-8-9-36-28(41-25)27-22(33)11-18(29(44)47-5)12-24(27)46-4/h8-9,11-16,20,30H,6-7,10,17H2,1-5H3,(H,39,45)(H,36,37,40,41)/t20-/m0/s1. The zero-order valence-corrected chi connectivity index (χ0v) is 27.0. The molecule has 2 N–H and O–H groups in total.